The maximum atomic E-state index is 5.57. The average molecular weight is 212 g/mol. The Hall–Kier alpha value is -2.16. The molecule has 0 spiro atoms. The van der Waals surface area contributed by atoms with Gasteiger partial charge in [0.15, 0.2) is 11.5 Å². The van der Waals surface area contributed by atoms with Gasteiger partial charge in [0.25, 0.3) is 0 Å². The van der Waals surface area contributed by atoms with Crippen molar-refractivity contribution in [2.24, 2.45) is 4.99 Å². The number of aryl methyl sites for hydroxylation is 1. The zero-order valence-electron chi connectivity index (χ0n) is 9.10. The van der Waals surface area contributed by atoms with Gasteiger partial charge in [-0.2, -0.15) is 0 Å². The van der Waals surface area contributed by atoms with E-state index in [0.29, 0.717) is 17.2 Å². The number of hydrogen-bond donors (Lipinski definition) is 0. The van der Waals surface area contributed by atoms with E-state index in [-0.39, 0.29) is 0 Å². The van der Waals surface area contributed by atoms with Crippen molar-refractivity contribution in [3.05, 3.63) is 42.3 Å². The molecule has 0 aliphatic carbocycles. The van der Waals surface area contributed by atoms with Crippen LogP contribution in [0, 0.1) is 6.92 Å². The first-order chi connectivity index (χ1) is 7.74. The number of aromatic nitrogens is 1. The molecule has 0 aliphatic heterocycles. The second-order valence-electron chi connectivity index (χ2n) is 3.44. The second-order valence-corrected chi connectivity index (χ2v) is 3.44. The fourth-order valence-electron chi connectivity index (χ4n) is 1.41. The molecule has 0 fully saturated rings. The molecule has 0 aliphatic rings. The Labute approximate surface area is 94.2 Å². The highest BCUT2D eigenvalue weighted by Gasteiger charge is 2.09. The fourth-order valence-corrected chi connectivity index (χ4v) is 1.41. The van der Waals surface area contributed by atoms with Gasteiger partial charge in [0.05, 0.1) is 0 Å². The summed E-state index contributed by atoms with van der Waals surface area (Å²) in [6, 6.07) is 5.70. The van der Waals surface area contributed by atoms with Crippen LogP contribution < -0.4 is 0 Å². The molecular weight excluding hydrogens is 200 g/mol. The Morgan fingerprint density at radius 2 is 2.25 bits per heavy atom. The molecule has 0 unspecified atom stereocenters. The van der Waals surface area contributed by atoms with Crippen molar-refractivity contribution in [3.63, 3.8) is 0 Å². The molecule has 0 amide bonds. The van der Waals surface area contributed by atoms with Crippen LogP contribution in [0.15, 0.2) is 40.4 Å². The SMILES string of the molecule is C=Cc1oc(-c2ccc(C)cn2)cc1N=C. The topological polar surface area (TPSA) is 38.4 Å². The molecule has 0 bridgehead atoms. The Balaban J connectivity index is 2.48. The molecule has 0 aromatic carbocycles. The monoisotopic (exact) mass is 212 g/mol. The zero-order valence-corrected chi connectivity index (χ0v) is 9.10. The third-order valence-corrected chi connectivity index (χ3v) is 2.26. The van der Waals surface area contributed by atoms with Crippen LogP contribution in [0.3, 0.4) is 0 Å². The second kappa shape index (κ2) is 4.14. The van der Waals surface area contributed by atoms with Crippen molar-refractivity contribution in [1.29, 1.82) is 0 Å². The molecule has 80 valence electrons. The van der Waals surface area contributed by atoms with Crippen molar-refractivity contribution in [3.8, 4) is 11.5 Å². The molecule has 2 rings (SSSR count). The van der Waals surface area contributed by atoms with Gasteiger partial charge < -0.3 is 4.42 Å². The Bertz CT molecular complexity index is 498. The van der Waals surface area contributed by atoms with Crippen LogP contribution in [0.2, 0.25) is 0 Å². The lowest BCUT2D eigenvalue weighted by Gasteiger charge is -1.95. The van der Waals surface area contributed by atoms with Crippen LogP contribution in [0.1, 0.15) is 11.3 Å². The van der Waals surface area contributed by atoms with Gasteiger partial charge in [0, 0.05) is 12.3 Å². The fraction of sp³-hybridized carbons (Fsp3) is 0.0769. The molecule has 0 atom stereocenters. The predicted molar refractivity (Wildman–Crippen MR) is 66.0 cm³/mol. The largest absolute Gasteiger partial charge is 0.453 e. The first kappa shape index (κ1) is 10.4. The third-order valence-electron chi connectivity index (χ3n) is 2.26. The molecule has 16 heavy (non-hydrogen) atoms. The Morgan fingerprint density at radius 3 is 2.75 bits per heavy atom. The van der Waals surface area contributed by atoms with Crippen molar-refractivity contribution >= 4 is 18.5 Å². The molecule has 0 N–H and O–H groups in total. The highest BCUT2D eigenvalue weighted by Crippen LogP contribution is 2.30. The van der Waals surface area contributed by atoms with E-state index in [1.54, 1.807) is 12.3 Å². The molecule has 0 saturated carbocycles. The molecule has 3 heteroatoms. The maximum Gasteiger partial charge on any atom is 0.155 e. The van der Waals surface area contributed by atoms with E-state index in [1.807, 2.05) is 25.1 Å². The lowest BCUT2D eigenvalue weighted by molar-refractivity contribution is 0.570. The van der Waals surface area contributed by atoms with Gasteiger partial charge in [0.2, 0.25) is 0 Å². The number of furan rings is 1. The molecule has 0 radical (unpaired) electrons. The minimum atomic E-state index is 0.618. The predicted octanol–water partition coefficient (Wildman–Crippen LogP) is 3.63. The van der Waals surface area contributed by atoms with Crippen molar-refractivity contribution in [2.75, 3.05) is 0 Å². The van der Waals surface area contributed by atoms with E-state index in [0.717, 1.165) is 11.3 Å². The summed E-state index contributed by atoms with van der Waals surface area (Å²) in [5.74, 6) is 1.30. The van der Waals surface area contributed by atoms with Crippen LogP contribution >= 0.6 is 0 Å². The van der Waals surface area contributed by atoms with Crippen molar-refractivity contribution < 1.29 is 4.42 Å². The first-order valence-corrected chi connectivity index (χ1v) is 4.90. The summed E-state index contributed by atoms with van der Waals surface area (Å²) in [6.07, 6.45) is 3.41. The number of nitrogens with zero attached hydrogens (tertiary/aromatic N) is 2. The molecule has 2 heterocycles. The highest BCUT2D eigenvalue weighted by atomic mass is 16.3. The standard InChI is InChI=1S/C13H12N2O/c1-4-12-11(14-3)7-13(16-12)10-6-5-9(2)8-15-10/h4-8H,1,3H2,2H3. The molecule has 2 aromatic heterocycles. The average Bonchev–Trinajstić information content (AvgIpc) is 2.73. The quantitative estimate of drug-likeness (QED) is 0.729. The molecule has 0 saturated heterocycles. The van der Waals surface area contributed by atoms with E-state index >= 15 is 0 Å². The molecule has 3 nitrogen and oxygen atoms in total. The maximum absolute atomic E-state index is 5.57. The minimum absolute atomic E-state index is 0.618. The Kier molecular flexibility index (Phi) is 2.68. The van der Waals surface area contributed by atoms with Crippen LogP contribution in [-0.2, 0) is 0 Å². The van der Waals surface area contributed by atoms with Gasteiger partial charge in [-0.1, -0.05) is 12.6 Å². The van der Waals surface area contributed by atoms with E-state index in [4.69, 9.17) is 4.42 Å². The van der Waals surface area contributed by atoms with Gasteiger partial charge in [-0.3, -0.25) is 9.98 Å². The van der Waals surface area contributed by atoms with E-state index < -0.39 is 0 Å². The summed E-state index contributed by atoms with van der Waals surface area (Å²) in [4.78, 5) is 8.14. The van der Waals surface area contributed by atoms with Gasteiger partial charge in [0.1, 0.15) is 11.4 Å². The van der Waals surface area contributed by atoms with Gasteiger partial charge in [-0.15, -0.1) is 0 Å². The lowest BCUT2D eigenvalue weighted by atomic mass is 10.2. The summed E-state index contributed by atoms with van der Waals surface area (Å²) in [7, 11) is 0. The molecule has 2 aromatic rings. The number of hydrogen-bond acceptors (Lipinski definition) is 3. The van der Waals surface area contributed by atoms with E-state index in [1.165, 1.54) is 0 Å². The van der Waals surface area contributed by atoms with Crippen LogP contribution in [-0.4, -0.2) is 11.7 Å². The highest BCUT2D eigenvalue weighted by molar-refractivity contribution is 5.68. The minimum Gasteiger partial charge on any atom is -0.453 e. The van der Waals surface area contributed by atoms with Crippen molar-refractivity contribution in [2.45, 2.75) is 6.92 Å². The lowest BCUT2D eigenvalue weighted by Crippen LogP contribution is -1.81. The molecular formula is C13H12N2O. The van der Waals surface area contributed by atoms with Crippen LogP contribution in [0.25, 0.3) is 17.5 Å². The van der Waals surface area contributed by atoms with E-state index in [9.17, 15) is 0 Å². The summed E-state index contributed by atoms with van der Waals surface area (Å²) in [5, 5.41) is 0. The van der Waals surface area contributed by atoms with Crippen LogP contribution in [0.5, 0.6) is 0 Å². The number of rotatable bonds is 3. The van der Waals surface area contributed by atoms with E-state index in [2.05, 4.69) is 23.3 Å². The summed E-state index contributed by atoms with van der Waals surface area (Å²) < 4.78 is 5.57. The first-order valence-electron chi connectivity index (χ1n) is 4.90. The van der Waals surface area contributed by atoms with Gasteiger partial charge >= 0.3 is 0 Å². The summed E-state index contributed by atoms with van der Waals surface area (Å²) >= 11 is 0. The van der Waals surface area contributed by atoms with Gasteiger partial charge in [-0.05, 0) is 31.3 Å². The third kappa shape index (κ3) is 1.80. The summed E-state index contributed by atoms with van der Waals surface area (Å²) in [6.45, 7) is 9.13. The summed E-state index contributed by atoms with van der Waals surface area (Å²) in [5.41, 5.74) is 2.58. The Morgan fingerprint density at radius 1 is 1.44 bits per heavy atom. The number of aliphatic imine (C=N–C) groups is 1. The normalized spacial score (nSPS) is 10.1. The zero-order chi connectivity index (χ0) is 11.5. The number of pyridine rings is 1. The van der Waals surface area contributed by atoms with Gasteiger partial charge in [-0.25, -0.2) is 0 Å². The van der Waals surface area contributed by atoms with Crippen molar-refractivity contribution in [1.82, 2.24) is 4.98 Å². The van der Waals surface area contributed by atoms with Crippen LogP contribution in [0.4, 0.5) is 5.69 Å². The smallest absolute Gasteiger partial charge is 0.155 e.